The van der Waals surface area contributed by atoms with Crippen LogP contribution in [-0.4, -0.2) is 19.2 Å². The van der Waals surface area contributed by atoms with Gasteiger partial charge in [-0.2, -0.15) is 5.26 Å². The molecule has 0 aliphatic heterocycles. The zero-order valence-electron chi connectivity index (χ0n) is 10.0. The number of hydrogen-bond acceptors (Lipinski definition) is 4. The largest absolute Gasteiger partial charge is 0.496 e. The summed E-state index contributed by atoms with van der Waals surface area (Å²) >= 11 is 6.05. The van der Waals surface area contributed by atoms with Crippen LogP contribution in [0.3, 0.4) is 0 Å². The highest BCUT2D eigenvalue weighted by Crippen LogP contribution is 2.34. The number of pyridine rings is 1. The molecule has 18 heavy (non-hydrogen) atoms. The number of nitriles is 1. The lowest BCUT2D eigenvalue weighted by Gasteiger charge is -2.10. The standard InChI is InChI=1S/C13H11ClN2O2/c1-17-10-3-4-11(18-2)12-9(10)7-8(5-6-15)13(14)16-12/h3-4,7H,5H2,1-2H3. The van der Waals surface area contributed by atoms with Crippen LogP contribution >= 0.6 is 11.6 Å². The van der Waals surface area contributed by atoms with E-state index in [2.05, 4.69) is 11.1 Å². The van der Waals surface area contributed by atoms with Gasteiger partial charge in [-0.15, -0.1) is 0 Å². The number of rotatable bonds is 3. The van der Waals surface area contributed by atoms with Crippen LogP contribution in [0.5, 0.6) is 11.5 Å². The number of fused-ring (bicyclic) bond motifs is 1. The zero-order chi connectivity index (χ0) is 13.1. The Bertz CT molecular complexity index is 635. The minimum Gasteiger partial charge on any atom is -0.496 e. The van der Waals surface area contributed by atoms with E-state index in [1.165, 1.54) is 0 Å². The van der Waals surface area contributed by atoms with Gasteiger partial charge < -0.3 is 9.47 Å². The molecule has 1 aromatic carbocycles. The lowest BCUT2D eigenvalue weighted by Crippen LogP contribution is -1.95. The van der Waals surface area contributed by atoms with Gasteiger partial charge in [0.15, 0.2) is 0 Å². The minimum atomic E-state index is 0.210. The van der Waals surface area contributed by atoms with Gasteiger partial charge in [0.1, 0.15) is 22.2 Å². The van der Waals surface area contributed by atoms with Crippen LogP contribution in [0.2, 0.25) is 5.15 Å². The SMILES string of the molecule is COc1ccc(OC)c2nc(Cl)c(CC#N)cc12. The normalized spacial score (nSPS) is 10.1. The molecule has 4 nitrogen and oxygen atoms in total. The summed E-state index contributed by atoms with van der Waals surface area (Å²) < 4.78 is 10.5. The Balaban J connectivity index is 2.77. The van der Waals surface area contributed by atoms with Crippen LogP contribution in [0, 0.1) is 11.3 Å². The van der Waals surface area contributed by atoms with Gasteiger partial charge in [0.05, 0.1) is 26.7 Å². The monoisotopic (exact) mass is 262 g/mol. The quantitative estimate of drug-likeness (QED) is 0.798. The summed E-state index contributed by atoms with van der Waals surface area (Å²) in [7, 11) is 3.15. The van der Waals surface area contributed by atoms with Gasteiger partial charge >= 0.3 is 0 Å². The maximum absolute atomic E-state index is 8.75. The first-order valence-corrected chi connectivity index (χ1v) is 5.66. The van der Waals surface area contributed by atoms with E-state index >= 15 is 0 Å². The molecule has 2 aromatic rings. The molecule has 0 saturated carbocycles. The van der Waals surface area contributed by atoms with Crippen molar-refractivity contribution in [3.05, 3.63) is 28.9 Å². The molecular weight excluding hydrogens is 252 g/mol. The number of aromatic nitrogens is 1. The van der Waals surface area contributed by atoms with Gasteiger partial charge in [-0.25, -0.2) is 4.98 Å². The van der Waals surface area contributed by atoms with Crippen LogP contribution < -0.4 is 9.47 Å². The van der Waals surface area contributed by atoms with E-state index in [1.807, 2.05) is 6.07 Å². The first-order chi connectivity index (χ1) is 8.71. The molecule has 0 aliphatic carbocycles. The Hall–Kier alpha value is -1.99. The number of nitrogens with zero attached hydrogens (tertiary/aromatic N) is 2. The van der Waals surface area contributed by atoms with Crippen molar-refractivity contribution in [1.29, 1.82) is 5.26 Å². The Morgan fingerprint density at radius 1 is 1.28 bits per heavy atom. The summed E-state index contributed by atoms with van der Waals surface area (Å²) in [5.74, 6) is 1.30. The predicted molar refractivity (Wildman–Crippen MR) is 69.2 cm³/mol. The number of benzene rings is 1. The fourth-order valence-electron chi connectivity index (χ4n) is 1.78. The fraction of sp³-hybridized carbons (Fsp3) is 0.231. The molecule has 0 amide bonds. The molecule has 92 valence electrons. The summed E-state index contributed by atoms with van der Waals surface area (Å²) in [6.45, 7) is 0. The summed E-state index contributed by atoms with van der Waals surface area (Å²) in [5.41, 5.74) is 1.31. The second-order valence-electron chi connectivity index (χ2n) is 3.64. The van der Waals surface area contributed by atoms with Gasteiger partial charge in [0.2, 0.25) is 0 Å². The highest BCUT2D eigenvalue weighted by molar-refractivity contribution is 6.30. The highest BCUT2D eigenvalue weighted by Gasteiger charge is 2.12. The maximum atomic E-state index is 8.75. The number of halogens is 1. The second kappa shape index (κ2) is 5.11. The van der Waals surface area contributed by atoms with Crippen molar-refractivity contribution >= 4 is 22.5 Å². The van der Waals surface area contributed by atoms with Gasteiger partial charge in [0, 0.05) is 10.9 Å². The van der Waals surface area contributed by atoms with Crippen molar-refractivity contribution in [2.24, 2.45) is 0 Å². The van der Waals surface area contributed by atoms with Crippen LogP contribution in [0.4, 0.5) is 0 Å². The average Bonchev–Trinajstić information content (AvgIpc) is 2.39. The molecule has 0 atom stereocenters. The second-order valence-corrected chi connectivity index (χ2v) is 4.00. The number of hydrogen-bond donors (Lipinski definition) is 0. The summed E-state index contributed by atoms with van der Waals surface area (Å²) in [4.78, 5) is 4.28. The van der Waals surface area contributed by atoms with Crippen molar-refractivity contribution in [1.82, 2.24) is 4.98 Å². The van der Waals surface area contributed by atoms with Crippen LogP contribution in [0.1, 0.15) is 5.56 Å². The fourth-order valence-corrected chi connectivity index (χ4v) is 1.99. The summed E-state index contributed by atoms with van der Waals surface area (Å²) in [6.07, 6.45) is 0.210. The predicted octanol–water partition coefficient (Wildman–Crippen LogP) is 2.97. The van der Waals surface area contributed by atoms with Crippen molar-refractivity contribution in [2.45, 2.75) is 6.42 Å². The molecule has 0 unspecified atom stereocenters. The van der Waals surface area contributed by atoms with Crippen LogP contribution in [0.15, 0.2) is 18.2 Å². The van der Waals surface area contributed by atoms with E-state index in [0.29, 0.717) is 27.7 Å². The summed E-state index contributed by atoms with van der Waals surface area (Å²) in [5, 5.41) is 9.85. The third-order valence-corrected chi connectivity index (χ3v) is 2.97. The highest BCUT2D eigenvalue weighted by atomic mass is 35.5. The van der Waals surface area contributed by atoms with E-state index in [0.717, 1.165) is 5.39 Å². The van der Waals surface area contributed by atoms with E-state index < -0.39 is 0 Å². The van der Waals surface area contributed by atoms with Crippen LogP contribution in [-0.2, 0) is 6.42 Å². The van der Waals surface area contributed by atoms with E-state index in [9.17, 15) is 0 Å². The third kappa shape index (κ3) is 2.05. The zero-order valence-corrected chi connectivity index (χ0v) is 10.8. The Morgan fingerprint density at radius 2 is 1.94 bits per heavy atom. The van der Waals surface area contributed by atoms with E-state index in [1.54, 1.807) is 26.4 Å². The molecule has 0 bridgehead atoms. The van der Waals surface area contributed by atoms with E-state index in [4.69, 9.17) is 26.3 Å². The molecular formula is C13H11ClN2O2. The topological polar surface area (TPSA) is 55.1 Å². The first-order valence-electron chi connectivity index (χ1n) is 5.28. The van der Waals surface area contributed by atoms with Gasteiger partial charge in [-0.3, -0.25) is 0 Å². The lowest BCUT2D eigenvalue weighted by atomic mass is 10.1. The Labute approximate surface area is 110 Å². The molecule has 1 heterocycles. The molecule has 1 aromatic heterocycles. The number of ether oxygens (including phenoxy) is 2. The average molecular weight is 263 g/mol. The van der Waals surface area contributed by atoms with Gasteiger partial charge in [0.25, 0.3) is 0 Å². The molecule has 2 rings (SSSR count). The Morgan fingerprint density at radius 3 is 2.56 bits per heavy atom. The molecule has 0 spiro atoms. The third-order valence-electron chi connectivity index (χ3n) is 2.64. The molecule has 0 fully saturated rings. The molecule has 0 saturated heterocycles. The minimum absolute atomic E-state index is 0.210. The maximum Gasteiger partial charge on any atom is 0.145 e. The van der Waals surface area contributed by atoms with Gasteiger partial charge in [-0.1, -0.05) is 11.6 Å². The Kier molecular flexibility index (Phi) is 3.54. The molecule has 0 radical (unpaired) electrons. The van der Waals surface area contributed by atoms with Crippen molar-refractivity contribution in [3.63, 3.8) is 0 Å². The smallest absolute Gasteiger partial charge is 0.145 e. The van der Waals surface area contributed by atoms with Gasteiger partial charge in [-0.05, 0) is 18.2 Å². The molecule has 0 aliphatic rings. The molecule has 0 N–H and O–H groups in total. The van der Waals surface area contributed by atoms with Crippen molar-refractivity contribution < 1.29 is 9.47 Å². The van der Waals surface area contributed by atoms with Crippen molar-refractivity contribution in [3.8, 4) is 17.6 Å². The van der Waals surface area contributed by atoms with E-state index in [-0.39, 0.29) is 6.42 Å². The molecule has 5 heteroatoms. The number of methoxy groups -OCH3 is 2. The van der Waals surface area contributed by atoms with Crippen molar-refractivity contribution in [2.75, 3.05) is 14.2 Å². The van der Waals surface area contributed by atoms with Crippen LogP contribution in [0.25, 0.3) is 10.9 Å². The summed E-state index contributed by atoms with van der Waals surface area (Å²) in [6, 6.07) is 7.44. The first kappa shape index (κ1) is 12.5. The lowest BCUT2D eigenvalue weighted by molar-refractivity contribution is 0.409.